The van der Waals surface area contributed by atoms with E-state index in [2.05, 4.69) is 31.2 Å². The lowest BCUT2D eigenvalue weighted by molar-refractivity contribution is -0.146. The standard InChI is InChI=1S/C36H46N6O7/c1-34(2,3)49-33(47)40-27(17-21-19-37-25-15-11-9-13-23(21)25)29(43)41-36(6,7)32(46)42-35(4,5)31(45)39-28(30(44)48-8)18-22-20-38-26-16-12-10-14-24(22)26/h9-16,19-20,27-28,37-38H,17-18H2,1-8H3,(H,39,45)(H,40,47)(H,41,43)(H,42,46)/t27-,28-/m0/s1. The number of H-pyrrole nitrogens is 2. The molecule has 0 radical (unpaired) electrons. The molecule has 0 saturated heterocycles. The van der Waals surface area contributed by atoms with E-state index in [4.69, 9.17) is 9.47 Å². The molecule has 2 aromatic heterocycles. The summed E-state index contributed by atoms with van der Waals surface area (Å²) >= 11 is 0. The number of aromatic amines is 2. The van der Waals surface area contributed by atoms with Gasteiger partial charge in [-0.3, -0.25) is 14.4 Å². The molecule has 49 heavy (non-hydrogen) atoms. The van der Waals surface area contributed by atoms with E-state index in [1.807, 2.05) is 48.5 Å². The van der Waals surface area contributed by atoms with E-state index in [0.717, 1.165) is 32.9 Å². The van der Waals surface area contributed by atoms with Gasteiger partial charge in [0, 0.05) is 47.0 Å². The minimum Gasteiger partial charge on any atom is -0.467 e. The summed E-state index contributed by atoms with van der Waals surface area (Å²) in [6, 6.07) is 13.0. The zero-order valence-electron chi connectivity index (χ0n) is 29.2. The van der Waals surface area contributed by atoms with Crippen LogP contribution in [0.25, 0.3) is 21.8 Å². The number of hydrogen-bond acceptors (Lipinski definition) is 7. The van der Waals surface area contributed by atoms with Gasteiger partial charge in [0.2, 0.25) is 17.7 Å². The topological polar surface area (TPSA) is 184 Å². The van der Waals surface area contributed by atoms with Crippen LogP contribution in [-0.2, 0) is 41.5 Å². The van der Waals surface area contributed by atoms with Crippen molar-refractivity contribution in [2.75, 3.05) is 7.11 Å². The number of methoxy groups -OCH3 is 1. The molecule has 4 aromatic rings. The monoisotopic (exact) mass is 674 g/mol. The number of fused-ring (bicyclic) bond motifs is 2. The highest BCUT2D eigenvalue weighted by Crippen LogP contribution is 2.21. The van der Waals surface area contributed by atoms with Crippen LogP contribution in [-0.4, -0.2) is 75.6 Å². The smallest absolute Gasteiger partial charge is 0.408 e. The fourth-order valence-corrected chi connectivity index (χ4v) is 5.32. The highest BCUT2D eigenvalue weighted by Gasteiger charge is 2.39. The number of amides is 4. The van der Waals surface area contributed by atoms with E-state index in [1.54, 1.807) is 33.2 Å². The summed E-state index contributed by atoms with van der Waals surface area (Å²) in [5.74, 6) is -2.59. The molecule has 0 unspecified atom stereocenters. The minimum atomic E-state index is -1.53. The van der Waals surface area contributed by atoms with E-state index in [0.29, 0.717) is 0 Å². The van der Waals surface area contributed by atoms with E-state index in [-0.39, 0.29) is 12.8 Å². The third-order valence-electron chi connectivity index (χ3n) is 7.99. The first-order valence-corrected chi connectivity index (χ1v) is 16.0. The summed E-state index contributed by atoms with van der Waals surface area (Å²) in [6.45, 7) is 11.1. The molecular weight excluding hydrogens is 628 g/mol. The number of esters is 1. The summed E-state index contributed by atoms with van der Waals surface area (Å²) in [5.41, 5.74) is -0.518. The molecule has 4 rings (SSSR count). The van der Waals surface area contributed by atoms with Crippen LogP contribution in [0.1, 0.15) is 59.6 Å². The first-order chi connectivity index (χ1) is 22.9. The maximum atomic E-state index is 13.7. The van der Waals surface area contributed by atoms with Crippen LogP contribution in [0, 0.1) is 0 Å². The van der Waals surface area contributed by atoms with Crippen molar-refractivity contribution >= 4 is 51.6 Å². The quantitative estimate of drug-likeness (QED) is 0.124. The first-order valence-electron chi connectivity index (χ1n) is 16.0. The van der Waals surface area contributed by atoms with Gasteiger partial charge in [-0.25, -0.2) is 9.59 Å². The highest BCUT2D eigenvalue weighted by atomic mass is 16.6. The largest absolute Gasteiger partial charge is 0.467 e. The second kappa shape index (κ2) is 14.4. The maximum Gasteiger partial charge on any atom is 0.408 e. The van der Waals surface area contributed by atoms with E-state index >= 15 is 0 Å². The van der Waals surface area contributed by atoms with Gasteiger partial charge in [0.15, 0.2) is 0 Å². The van der Waals surface area contributed by atoms with E-state index < -0.39 is 58.5 Å². The highest BCUT2D eigenvalue weighted by molar-refractivity contribution is 5.98. The van der Waals surface area contributed by atoms with Crippen molar-refractivity contribution in [1.29, 1.82) is 0 Å². The molecule has 0 aliphatic carbocycles. The van der Waals surface area contributed by atoms with Crippen LogP contribution in [0.3, 0.4) is 0 Å². The third kappa shape index (κ3) is 9.18. The number of carbonyl (C=O) groups is 5. The Balaban J connectivity index is 1.46. The van der Waals surface area contributed by atoms with Crippen molar-refractivity contribution in [2.24, 2.45) is 0 Å². The van der Waals surface area contributed by atoms with Crippen molar-refractivity contribution < 1.29 is 33.4 Å². The lowest BCUT2D eigenvalue weighted by Gasteiger charge is -2.33. The van der Waals surface area contributed by atoms with Crippen molar-refractivity contribution in [3.05, 3.63) is 72.1 Å². The molecule has 6 N–H and O–H groups in total. The molecule has 13 nitrogen and oxygen atoms in total. The van der Waals surface area contributed by atoms with Crippen LogP contribution in [0.2, 0.25) is 0 Å². The first kappa shape index (κ1) is 36.5. The number of ether oxygens (including phenoxy) is 2. The van der Waals surface area contributed by atoms with Gasteiger partial charge in [0.25, 0.3) is 0 Å². The Morgan fingerprint density at radius 1 is 0.673 bits per heavy atom. The Morgan fingerprint density at radius 3 is 1.67 bits per heavy atom. The molecular formula is C36H46N6O7. The zero-order valence-corrected chi connectivity index (χ0v) is 29.2. The van der Waals surface area contributed by atoms with Gasteiger partial charge in [-0.05, 0) is 71.7 Å². The lowest BCUT2D eigenvalue weighted by atomic mass is 9.97. The number of alkyl carbamates (subject to hydrolysis) is 1. The minimum absolute atomic E-state index is 0.103. The predicted octanol–water partition coefficient (Wildman–Crippen LogP) is 3.78. The van der Waals surface area contributed by atoms with Gasteiger partial charge < -0.3 is 40.7 Å². The molecule has 0 saturated carbocycles. The SMILES string of the molecule is COC(=O)[C@H](Cc1c[nH]c2ccccc12)NC(=O)C(C)(C)NC(=O)C(C)(C)NC(=O)[C@H](Cc1c[nH]c2ccccc12)NC(=O)OC(C)(C)C. The van der Waals surface area contributed by atoms with Gasteiger partial charge in [-0.2, -0.15) is 0 Å². The number of aromatic nitrogens is 2. The fourth-order valence-electron chi connectivity index (χ4n) is 5.32. The van der Waals surface area contributed by atoms with Gasteiger partial charge in [-0.1, -0.05) is 36.4 Å². The molecule has 0 aliphatic heterocycles. The summed E-state index contributed by atoms with van der Waals surface area (Å²) in [7, 11) is 1.23. The van der Waals surface area contributed by atoms with Crippen LogP contribution in [0.5, 0.6) is 0 Å². The fraction of sp³-hybridized carbons (Fsp3) is 0.417. The van der Waals surface area contributed by atoms with Crippen molar-refractivity contribution in [1.82, 2.24) is 31.2 Å². The molecule has 13 heteroatoms. The second-order valence-corrected chi connectivity index (χ2v) is 14.1. The molecule has 262 valence electrons. The van der Waals surface area contributed by atoms with Gasteiger partial charge >= 0.3 is 12.1 Å². The Bertz CT molecular complexity index is 1850. The molecule has 0 aliphatic rings. The summed E-state index contributed by atoms with van der Waals surface area (Å²) < 4.78 is 10.4. The Kier molecular flexibility index (Phi) is 10.7. The summed E-state index contributed by atoms with van der Waals surface area (Å²) in [4.78, 5) is 72.6. The summed E-state index contributed by atoms with van der Waals surface area (Å²) in [5, 5.41) is 12.6. The molecule has 0 bridgehead atoms. The predicted molar refractivity (Wildman–Crippen MR) is 186 cm³/mol. The number of nitrogens with one attached hydrogen (secondary N) is 6. The molecule has 2 heterocycles. The Labute approximate surface area is 285 Å². The molecule has 4 amide bonds. The van der Waals surface area contributed by atoms with Gasteiger partial charge in [0.05, 0.1) is 7.11 Å². The number of para-hydroxylation sites is 2. The van der Waals surface area contributed by atoms with Crippen LogP contribution in [0.15, 0.2) is 60.9 Å². The Hall–Kier alpha value is -5.33. The number of rotatable bonds is 12. The third-order valence-corrected chi connectivity index (χ3v) is 7.99. The lowest BCUT2D eigenvalue weighted by Crippen LogP contribution is -2.65. The number of hydrogen-bond donors (Lipinski definition) is 6. The van der Waals surface area contributed by atoms with Crippen LogP contribution < -0.4 is 21.3 Å². The van der Waals surface area contributed by atoms with Crippen molar-refractivity contribution in [3.63, 3.8) is 0 Å². The summed E-state index contributed by atoms with van der Waals surface area (Å²) in [6.07, 6.45) is 3.00. The normalized spacial score (nSPS) is 13.3. The van der Waals surface area contributed by atoms with Gasteiger partial charge in [0.1, 0.15) is 28.8 Å². The molecule has 2 aromatic carbocycles. The maximum absolute atomic E-state index is 13.7. The average Bonchev–Trinajstić information content (AvgIpc) is 3.62. The molecule has 0 fully saturated rings. The van der Waals surface area contributed by atoms with Crippen molar-refractivity contribution in [3.8, 4) is 0 Å². The molecule has 0 spiro atoms. The molecule has 2 atom stereocenters. The second-order valence-electron chi connectivity index (χ2n) is 14.1. The van der Waals surface area contributed by atoms with E-state index in [9.17, 15) is 24.0 Å². The van der Waals surface area contributed by atoms with Crippen LogP contribution >= 0.6 is 0 Å². The number of benzene rings is 2. The zero-order chi connectivity index (χ0) is 36.1. The van der Waals surface area contributed by atoms with Gasteiger partial charge in [-0.15, -0.1) is 0 Å². The van der Waals surface area contributed by atoms with E-state index in [1.165, 1.54) is 34.8 Å². The average molecular weight is 675 g/mol. The van der Waals surface area contributed by atoms with Crippen LogP contribution in [0.4, 0.5) is 4.79 Å². The van der Waals surface area contributed by atoms with Crippen molar-refractivity contribution in [2.45, 2.75) is 90.1 Å². The number of carbonyl (C=O) groups excluding carboxylic acids is 5. The Morgan fingerprint density at radius 2 is 1.16 bits per heavy atom.